The molecule has 140 valence electrons. The minimum absolute atomic E-state index is 0.162. The lowest BCUT2D eigenvalue weighted by Crippen LogP contribution is -2.65. The largest absolute Gasteiger partial charge is 0.466 e. The minimum atomic E-state index is -0.633. The molecule has 0 aromatic heterocycles. The Labute approximate surface area is 150 Å². The monoisotopic (exact) mass is 374 g/mol. The number of alkyl halides is 1. The average molecular weight is 375 g/mol. The van der Waals surface area contributed by atoms with Gasteiger partial charge in [0.1, 0.15) is 6.23 Å². The van der Waals surface area contributed by atoms with Crippen molar-refractivity contribution in [3.63, 3.8) is 0 Å². The van der Waals surface area contributed by atoms with Crippen molar-refractivity contribution < 1.29 is 28.6 Å². The first-order valence-electron chi connectivity index (χ1n) is 8.61. The van der Waals surface area contributed by atoms with Crippen LogP contribution in [0.15, 0.2) is 0 Å². The summed E-state index contributed by atoms with van der Waals surface area (Å²) in [6.45, 7) is 2.14. The van der Waals surface area contributed by atoms with E-state index < -0.39 is 12.3 Å². The summed E-state index contributed by atoms with van der Waals surface area (Å²) < 4.78 is 16.7. The summed E-state index contributed by atoms with van der Waals surface area (Å²) in [5.41, 5.74) is 0. The number of halogens is 1. The first kappa shape index (κ1) is 18.4. The number of rotatable bonds is 5. The van der Waals surface area contributed by atoms with E-state index in [4.69, 9.17) is 25.8 Å². The van der Waals surface area contributed by atoms with E-state index in [1.54, 1.807) is 0 Å². The summed E-state index contributed by atoms with van der Waals surface area (Å²) >= 11 is 6.57. The summed E-state index contributed by atoms with van der Waals surface area (Å²) in [7, 11) is 0. The Bertz CT molecular complexity index is 543. The van der Waals surface area contributed by atoms with Gasteiger partial charge in [0.2, 0.25) is 5.91 Å². The van der Waals surface area contributed by atoms with Gasteiger partial charge in [-0.25, -0.2) is 4.79 Å². The van der Waals surface area contributed by atoms with Crippen molar-refractivity contribution in [3.8, 4) is 0 Å². The van der Waals surface area contributed by atoms with Crippen LogP contribution in [0.5, 0.6) is 0 Å². The third-order valence-electron chi connectivity index (χ3n) is 4.95. The molecule has 6 unspecified atom stereocenters. The Balaban J connectivity index is 1.51. The molecular formula is C16H23ClN2O6. The van der Waals surface area contributed by atoms with Gasteiger partial charge < -0.3 is 19.5 Å². The van der Waals surface area contributed by atoms with E-state index in [-0.39, 0.29) is 41.3 Å². The summed E-state index contributed by atoms with van der Waals surface area (Å²) in [6.07, 6.45) is 1.84. The molecule has 3 rings (SSSR count). The molecule has 9 heteroatoms. The third-order valence-corrected chi connectivity index (χ3v) is 5.48. The van der Waals surface area contributed by atoms with Crippen LogP contribution in [-0.2, 0) is 23.8 Å². The maximum absolute atomic E-state index is 12.0. The van der Waals surface area contributed by atoms with Crippen molar-refractivity contribution in [1.29, 1.82) is 0 Å². The smallest absolute Gasteiger partial charge is 0.323 e. The molecule has 1 aliphatic carbocycles. The van der Waals surface area contributed by atoms with Crippen molar-refractivity contribution >= 4 is 29.5 Å². The Morgan fingerprint density at radius 3 is 2.88 bits per heavy atom. The number of nitrogens with one attached hydrogen (secondary N) is 2. The highest BCUT2D eigenvalue weighted by atomic mass is 35.5. The van der Waals surface area contributed by atoms with Gasteiger partial charge in [0.25, 0.3) is 0 Å². The van der Waals surface area contributed by atoms with E-state index in [2.05, 4.69) is 10.6 Å². The van der Waals surface area contributed by atoms with E-state index in [9.17, 15) is 14.4 Å². The quantitative estimate of drug-likeness (QED) is 0.421. The second-order valence-corrected chi connectivity index (χ2v) is 7.21. The van der Waals surface area contributed by atoms with Crippen molar-refractivity contribution in [3.05, 3.63) is 0 Å². The summed E-state index contributed by atoms with van der Waals surface area (Å²) in [5, 5.41) is 4.57. The number of fused-ring (bicyclic) bond motifs is 2. The number of carbonyl (C=O) groups is 3. The first-order valence-corrected chi connectivity index (χ1v) is 9.05. The molecule has 0 aromatic rings. The van der Waals surface area contributed by atoms with Crippen molar-refractivity contribution in [2.45, 2.75) is 56.4 Å². The second-order valence-electron chi connectivity index (χ2n) is 6.71. The molecule has 8 nitrogen and oxygen atoms in total. The normalized spacial score (nSPS) is 37.4. The number of ether oxygens (including phenoxy) is 3. The molecule has 0 radical (unpaired) electrons. The summed E-state index contributed by atoms with van der Waals surface area (Å²) in [6, 6.07) is -0.537. The average Bonchev–Trinajstić information content (AvgIpc) is 2.55. The van der Waals surface area contributed by atoms with Crippen LogP contribution in [0.2, 0.25) is 0 Å². The van der Waals surface area contributed by atoms with E-state index in [0.717, 1.165) is 12.8 Å². The molecule has 2 saturated heterocycles. The van der Waals surface area contributed by atoms with E-state index >= 15 is 0 Å². The number of imide groups is 1. The number of urea groups is 1. The zero-order chi connectivity index (χ0) is 18.0. The molecule has 0 bridgehead atoms. The fraction of sp³-hybridized carbons (Fsp3) is 0.812. The highest BCUT2D eigenvalue weighted by Gasteiger charge is 2.50. The lowest BCUT2D eigenvalue weighted by molar-refractivity contribution is -0.170. The van der Waals surface area contributed by atoms with Gasteiger partial charge in [-0.2, -0.15) is 0 Å². The number of esters is 1. The standard InChI is InChI=1S/C16H23ClN2O6/c1-8(20)23-5-2-6-24-11-4-3-9-7-10-14(21)18-16(22)19-15(10)25-13(9)12(11)17/h9-13,15H,2-7H2,1H3,(H2,18,19,21,22). The Hall–Kier alpha value is -1.38. The van der Waals surface area contributed by atoms with Crippen molar-refractivity contribution in [1.82, 2.24) is 10.6 Å². The number of amides is 3. The van der Waals surface area contributed by atoms with Crippen LogP contribution < -0.4 is 10.6 Å². The van der Waals surface area contributed by atoms with Crippen molar-refractivity contribution in [2.75, 3.05) is 13.2 Å². The third kappa shape index (κ3) is 4.24. The van der Waals surface area contributed by atoms with E-state index in [1.807, 2.05) is 0 Å². The van der Waals surface area contributed by atoms with Crippen LogP contribution >= 0.6 is 11.6 Å². The fourth-order valence-corrected chi connectivity index (χ4v) is 4.22. The highest BCUT2D eigenvalue weighted by molar-refractivity contribution is 6.21. The Kier molecular flexibility index (Phi) is 5.81. The van der Waals surface area contributed by atoms with Crippen LogP contribution in [0, 0.1) is 11.8 Å². The molecular weight excluding hydrogens is 352 g/mol. The fourth-order valence-electron chi connectivity index (χ4n) is 3.76. The maximum Gasteiger partial charge on any atom is 0.323 e. The molecule has 2 N–H and O–H groups in total. The summed E-state index contributed by atoms with van der Waals surface area (Å²) in [5.74, 6) is -0.795. The summed E-state index contributed by atoms with van der Waals surface area (Å²) in [4.78, 5) is 34.2. The zero-order valence-corrected chi connectivity index (χ0v) is 14.8. The molecule has 6 atom stereocenters. The molecule has 3 fully saturated rings. The van der Waals surface area contributed by atoms with Crippen LogP contribution in [0.3, 0.4) is 0 Å². The lowest BCUT2D eigenvalue weighted by atomic mass is 9.76. The zero-order valence-electron chi connectivity index (χ0n) is 14.0. The maximum atomic E-state index is 12.0. The van der Waals surface area contributed by atoms with Crippen LogP contribution in [0.25, 0.3) is 0 Å². The number of carbonyl (C=O) groups excluding carboxylic acids is 3. The predicted molar refractivity (Wildman–Crippen MR) is 86.8 cm³/mol. The number of hydrogen-bond acceptors (Lipinski definition) is 6. The molecule has 0 aromatic carbocycles. The van der Waals surface area contributed by atoms with Gasteiger partial charge in [-0.05, 0) is 25.2 Å². The van der Waals surface area contributed by atoms with Gasteiger partial charge in [-0.15, -0.1) is 11.6 Å². The van der Waals surface area contributed by atoms with Crippen LogP contribution in [0.4, 0.5) is 4.79 Å². The first-order chi connectivity index (χ1) is 12.0. The SMILES string of the molecule is CC(=O)OCCCOC1CCC2CC3C(=O)NC(=O)NC3OC2C1Cl. The van der Waals surface area contributed by atoms with Gasteiger partial charge in [-0.3, -0.25) is 14.9 Å². The lowest BCUT2D eigenvalue weighted by Gasteiger charge is -2.48. The molecule has 1 saturated carbocycles. The van der Waals surface area contributed by atoms with Gasteiger partial charge in [0, 0.05) is 13.3 Å². The van der Waals surface area contributed by atoms with Crippen molar-refractivity contribution in [2.24, 2.45) is 11.8 Å². The van der Waals surface area contributed by atoms with Gasteiger partial charge in [0.15, 0.2) is 0 Å². The topological polar surface area (TPSA) is 103 Å². The van der Waals surface area contributed by atoms with Gasteiger partial charge >= 0.3 is 12.0 Å². The molecule has 3 amide bonds. The van der Waals surface area contributed by atoms with Crippen LogP contribution in [-0.4, -0.2) is 54.9 Å². The van der Waals surface area contributed by atoms with Crippen LogP contribution in [0.1, 0.15) is 32.6 Å². The molecule has 0 spiro atoms. The second kappa shape index (κ2) is 7.88. The minimum Gasteiger partial charge on any atom is -0.466 e. The van der Waals surface area contributed by atoms with Gasteiger partial charge in [0.05, 0.1) is 36.7 Å². The van der Waals surface area contributed by atoms with E-state index in [0.29, 0.717) is 26.1 Å². The Morgan fingerprint density at radius 2 is 2.12 bits per heavy atom. The molecule has 25 heavy (non-hydrogen) atoms. The predicted octanol–water partition coefficient (Wildman–Crippen LogP) is 0.913. The molecule has 3 aliphatic rings. The number of hydrogen-bond donors (Lipinski definition) is 2. The highest BCUT2D eigenvalue weighted by Crippen LogP contribution is 2.41. The van der Waals surface area contributed by atoms with Gasteiger partial charge in [-0.1, -0.05) is 0 Å². The Morgan fingerprint density at radius 1 is 1.32 bits per heavy atom. The van der Waals surface area contributed by atoms with E-state index in [1.165, 1.54) is 6.92 Å². The molecule has 2 aliphatic heterocycles. The molecule has 2 heterocycles.